The molecule has 0 atom stereocenters. The van der Waals surface area contributed by atoms with Crippen LogP contribution in [0, 0.1) is 0 Å². The molecule has 1 fully saturated rings. The van der Waals surface area contributed by atoms with Gasteiger partial charge in [0, 0.05) is 19.8 Å². The second kappa shape index (κ2) is 5.36. The molecule has 13 heavy (non-hydrogen) atoms. The third kappa shape index (κ3) is 3.88. The zero-order valence-corrected chi connectivity index (χ0v) is 10.5. The summed E-state index contributed by atoms with van der Waals surface area (Å²) in [6.07, 6.45) is 1.75. The monoisotopic (exact) mass is 202 g/mol. The fourth-order valence-electron chi connectivity index (χ4n) is 1.58. The molecule has 4 nitrogen and oxygen atoms in total. The van der Waals surface area contributed by atoms with Gasteiger partial charge in [-0.3, -0.25) is 9.69 Å². The number of rotatable bonds is 3. The molecule has 1 saturated heterocycles. The van der Waals surface area contributed by atoms with Gasteiger partial charge in [0.15, 0.2) is 0 Å². The minimum Gasteiger partial charge on any atom is -0.469 e. The Hall–Kier alpha value is -0.393. The number of carbonyl (C=O) groups is 1. The molecule has 76 valence electrons. The fourth-order valence-corrected chi connectivity index (χ4v) is 2.30. The lowest BCUT2D eigenvalue weighted by Gasteiger charge is -2.33. The molecule has 0 saturated carbocycles. The minimum atomic E-state index is -0.106. The van der Waals surface area contributed by atoms with Crippen molar-refractivity contribution in [3.05, 3.63) is 0 Å². The molecule has 0 unspecified atom stereocenters. The number of carbonyl (C=O) groups excluding carboxylic acids is 1. The fraction of sp³-hybridized carbons (Fsp3) is 0.875. The summed E-state index contributed by atoms with van der Waals surface area (Å²) in [5.41, 5.74) is 0. The van der Waals surface area contributed by atoms with Crippen molar-refractivity contribution in [1.82, 2.24) is 9.47 Å². The predicted octanol–water partition coefficient (Wildman–Crippen LogP) is -1.20. The van der Waals surface area contributed by atoms with Crippen LogP contribution in [0.2, 0.25) is 0 Å². The Balaban J connectivity index is 2.17. The number of hydrogen-bond donors (Lipinski definition) is 0. The highest BCUT2D eigenvalue weighted by atomic mass is 28.2. The quantitative estimate of drug-likeness (QED) is 0.425. The maximum absolute atomic E-state index is 10.9. The zero-order chi connectivity index (χ0) is 9.68. The van der Waals surface area contributed by atoms with Gasteiger partial charge in [-0.2, -0.15) is 0 Å². The van der Waals surface area contributed by atoms with E-state index in [4.69, 9.17) is 0 Å². The maximum Gasteiger partial charge on any atom is 0.306 e. The SMILES string of the molecule is COC(=O)CCN1CCCN([SiH3])C1. The van der Waals surface area contributed by atoms with Crippen LogP contribution in [0.1, 0.15) is 12.8 Å². The average Bonchev–Trinajstić information content (AvgIpc) is 2.14. The smallest absolute Gasteiger partial charge is 0.306 e. The summed E-state index contributed by atoms with van der Waals surface area (Å²) < 4.78 is 7.00. The van der Waals surface area contributed by atoms with Crippen molar-refractivity contribution in [3.63, 3.8) is 0 Å². The van der Waals surface area contributed by atoms with E-state index in [1.165, 1.54) is 20.1 Å². The second-order valence-electron chi connectivity index (χ2n) is 3.52. The summed E-state index contributed by atoms with van der Waals surface area (Å²) in [4.78, 5) is 13.2. The highest BCUT2D eigenvalue weighted by Gasteiger charge is 2.14. The van der Waals surface area contributed by atoms with Crippen molar-refractivity contribution in [2.45, 2.75) is 12.8 Å². The Morgan fingerprint density at radius 2 is 2.31 bits per heavy atom. The Morgan fingerprint density at radius 3 is 2.92 bits per heavy atom. The van der Waals surface area contributed by atoms with Crippen LogP contribution in [0.3, 0.4) is 0 Å². The Labute approximate surface area is 82.3 Å². The predicted molar refractivity (Wildman–Crippen MR) is 54.3 cm³/mol. The maximum atomic E-state index is 10.9. The molecule has 0 aliphatic carbocycles. The van der Waals surface area contributed by atoms with E-state index >= 15 is 0 Å². The molecular formula is C8H18N2O2Si. The molecule has 0 aromatic heterocycles. The molecule has 1 aliphatic heterocycles. The van der Waals surface area contributed by atoms with Crippen molar-refractivity contribution in [1.29, 1.82) is 0 Å². The van der Waals surface area contributed by atoms with Crippen LogP contribution in [-0.4, -0.2) is 59.3 Å². The van der Waals surface area contributed by atoms with Crippen molar-refractivity contribution < 1.29 is 9.53 Å². The summed E-state index contributed by atoms with van der Waals surface area (Å²) in [5.74, 6) is -0.106. The van der Waals surface area contributed by atoms with Gasteiger partial charge in [-0.15, -0.1) is 0 Å². The topological polar surface area (TPSA) is 32.8 Å². The molecule has 0 radical (unpaired) electrons. The van der Waals surface area contributed by atoms with Gasteiger partial charge < -0.3 is 9.30 Å². The molecule has 5 heteroatoms. The number of methoxy groups -OCH3 is 1. The summed E-state index contributed by atoms with van der Waals surface area (Å²) in [6.45, 7) is 4.21. The van der Waals surface area contributed by atoms with E-state index in [1.54, 1.807) is 0 Å². The Kier molecular flexibility index (Phi) is 4.41. The lowest BCUT2D eigenvalue weighted by molar-refractivity contribution is -0.141. The number of nitrogens with zero attached hydrogens (tertiary/aromatic N) is 2. The second-order valence-corrected chi connectivity index (χ2v) is 4.78. The van der Waals surface area contributed by atoms with E-state index in [1.807, 2.05) is 0 Å². The van der Waals surface area contributed by atoms with E-state index in [0.29, 0.717) is 6.42 Å². The van der Waals surface area contributed by atoms with Gasteiger partial charge in [0.05, 0.1) is 23.9 Å². The van der Waals surface area contributed by atoms with E-state index < -0.39 is 0 Å². The van der Waals surface area contributed by atoms with Crippen LogP contribution in [0.25, 0.3) is 0 Å². The van der Waals surface area contributed by atoms with E-state index in [0.717, 1.165) is 30.2 Å². The van der Waals surface area contributed by atoms with Gasteiger partial charge in [0.2, 0.25) is 0 Å². The molecular weight excluding hydrogens is 184 g/mol. The van der Waals surface area contributed by atoms with Gasteiger partial charge in [0.25, 0.3) is 0 Å². The van der Waals surface area contributed by atoms with Crippen molar-refractivity contribution in [2.24, 2.45) is 0 Å². The standard InChI is InChI=1S/C8H18N2O2Si/c1-12-8(11)3-6-9-4-2-5-10(13)7-9/h2-7H2,1,13H3. The summed E-state index contributed by atoms with van der Waals surface area (Å²) in [5, 5.41) is 0. The molecule has 0 N–H and O–H groups in total. The lowest BCUT2D eigenvalue weighted by atomic mass is 10.3. The van der Waals surface area contributed by atoms with Crippen LogP contribution in [0.5, 0.6) is 0 Å². The van der Waals surface area contributed by atoms with Crippen LogP contribution >= 0.6 is 0 Å². The molecule has 1 aliphatic rings. The minimum absolute atomic E-state index is 0.106. The molecule has 0 spiro atoms. The Morgan fingerprint density at radius 1 is 1.54 bits per heavy atom. The molecule has 0 aromatic rings. The highest BCUT2D eigenvalue weighted by Crippen LogP contribution is 2.03. The summed E-state index contributed by atoms with van der Waals surface area (Å²) in [6, 6.07) is 0. The van der Waals surface area contributed by atoms with E-state index in [9.17, 15) is 4.79 Å². The normalized spacial score (nSPS) is 20.4. The van der Waals surface area contributed by atoms with Gasteiger partial charge >= 0.3 is 5.97 Å². The van der Waals surface area contributed by atoms with Crippen molar-refractivity contribution >= 4 is 16.4 Å². The first-order valence-electron chi connectivity index (χ1n) is 4.70. The van der Waals surface area contributed by atoms with Crippen LogP contribution in [0.4, 0.5) is 0 Å². The molecule has 0 amide bonds. The first-order valence-corrected chi connectivity index (χ1v) is 5.59. The lowest BCUT2D eigenvalue weighted by Crippen LogP contribution is -2.44. The third-order valence-corrected chi connectivity index (χ3v) is 3.05. The van der Waals surface area contributed by atoms with Gasteiger partial charge in [-0.05, 0) is 13.0 Å². The van der Waals surface area contributed by atoms with Crippen LogP contribution in [0.15, 0.2) is 0 Å². The molecule has 1 rings (SSSR count). The van der Waals surface area contributed by atoms with E-state index in [-0.39, 0.29) is 5.97 Å². The first kappa shape index (κ1) is 10.7. The average molecular weight is 202 g/mol. The van der Waals surface area contributed by atoms with Gasteiger partial charge in [0.1, 0.15) is 0 Å². The largest absolute Gasteiger partial charge is 0.469 e. The first-order chi connectivity index (χ1) is 6.22. The van der Waals surface area contributed by atoms with Crippen LogP contribution < -0.4 is 0 Å². The Bertz CT molecular complexity index is 178. The zero-order valence-electron chi connectivity index (χ0n) is 8.45. The van der Waals surface area contributed by atoms with Crippen LogP contribution in [-0.2, 0) is 9.53 Å². The van der Waals surface area contributed by atoms with Gasteiger partial charge in [-0.1, -0.05) is 0 Å². The van der Waals surface area contributed by atoms with Gasteiger partial charge in [-0.25, -0.2) is 0 Å². The van der Waals surface area contributed by atoms with Crippen molar-refractivity contribution in [2.75, 3.05) is 33.4 Å². The molecule has 1 heterocycles. The number of esters is 1. The summed E-state index contributed by atoms with van der Waals surface area (Å²) in [7, 11) is 2.56. The summed E-state index contributed by atoms with van der Waals surface area (Å²) >= 11 is 0. The third-order valence-electron chi connectivity index (χ3n) is 2.32. The van der Waals surface area contributed by atoms with Crippen molar-refractivity contribution in [3.8, 4) is 0 Å². The number of hydrogen-bond acceptors (Lipinski definition) is 4. The molecule has 0 aromatic carbocycles. The molecule has 0 bridgehead atoms. The van der Waals surface area contributed by atoms with E-state index in [2.05, 4.69) is 14.2 Å². The number of ether oxygens (including phenoxy) is 1. The highest BCUT2D eigenvalue weighted by molar-refractivity contribution is 6.04.